The minimum absolute atomic E-state index is 0.0218. The molecule has 0 saturated heterocycles. The van der Waals surface area contributed by atoms with E-state index in [9.17, 15) is 19.0 Å². The molecule has 1 N–H and O–H groups in total. The van der Waals surface area contributed by atoms with Crippen LogP contribution in [0.25, 0.3) is 0 Å². The molecule has 0 radical (unpaired) electrons. The first-order valence-electron chi connectivity index (χ1n) is 28.4. The third-order valence-electron chi connectivity index (χ3n) is 12.4. The van der Waals surface area contributed by atoms with E-state index in [0.717, 1.165) is 44.9 Å². The minimum atomic E-state index is -4.40. The van der Waals surface area contributed by atoms with Gasteiger partial charge in [0.05, 0.1) is 27.7 Å². The maximum atomic E-state index is 12.8. The van der Waals surface area contributed by atoms with Gasteiger partial charge < -0.3 is 18.9 Å². The number of phosphoric ester groups is 1. The molecule has 0 aromatic rings. The van der Waals surface area contributed by atoms with Crippen molar-refractivity contribution < 1.29 is 42.1 Å². The minimum Gasteiger partial charge on any atom is -0.462 e. The number of rotatable bonds is 52. The molecule has 10 heteroatoms. The number of hydrogen-bond donors (Lipinski definition) is 1. The van der Waals surface area contributed by atoms with Crippen molar-refractivity contribution in [2.45, 2.75) is 264 Å². The molecule has 2 atom stereocenters. The zero-order valence-electron chi connectivity index (χ0n) is 45.1. The highest BCUT2D eigenvalue weighted by molar-refractivity contribution is 7.47. The molecule has 0 bridgehead atoms. The number of esters is 2. The van der Waals surface area contributed by atoms with Gasteiger partial charge in [-0.3, -0.25) is 18.6 Å². The lowest BCUT2D eigenvalue weighted by molar-refractivity contribution is -0.870. The Balaban J connectivity index is 4.25. The molecule has 0 aromatic carbocycles. The van der Waals surface area contributed by atoms with E-state index in [1.165, 1.54) is 180 Å². The molecular formula is C58H109NO8P+. The number of unbranched alkanes of at least 4 members (excludes halogenated alkanes) is 30. The summed E-state index contributed by atoms with van der Waals surface area (Å²) in [6.07, 6.45) is 61.9. The van der Waals surface area contributed by atoms with Gasteiger partial charge in [-0.25, -0.2) is 4.57 Å². The van der Waals surface area contributed by atoms with E-state index in [4.69, 9.17) is 18.5 Å². The Morgan fingerprint density at radius 1 is 0.456 bits per heavy atom. The van der Waals surface area contributed by atoms with Gasteiger partial charge in [-0.05, 0) is 51.4 Å². The van der Waals surface area contributed by atoms with Crippen molar-refractivity contribution in [3.8, 4) is 0 Å². The van der Waals surface area contributed by atoms with Gasteiger partial charge in [0.25, 0.3) is 0 Å². The van der Waals surface area contributed by atoms with Crippen molar-refractivity contribution in [1.82, 2.24) is 0 Å². The third-order valence-corrected chi connectivity index (χ3v) is 13.3. The van der Waals surface area contributed by atoms with Crippen molar-refractivity contribution in [2.75, 3.05) is 47.5 Å². The SMILES string of the molecule is CCCCCCCCC/C=C/C/C=C/C/C=C/C/C=C/CCCC(=O)O[C@H](COC(=O)CCCCCCCCCCCCCCCCCCCCCCCCC)COP(=O)(O)OCC[N+](C)(C)C. The number of likely N-dealkylation sites (N-methyl/N-ethyl adjacent to an activating group) is 1. The van der Waals surface area contributed by atoms with Crippen LogP contribution in [0.2, 0.25) is 0 Å². The van der Waals surface area contributed by atoms with Crippen LogP contribution in [0, 0.1) is 0 Å². The molecule has 0 rings (SSSR count). The molecule has 0 amide bonds. The second-order valence-corrected chi connectivity index (χ2v) is 21.8. The van der Waals surface area contributed by atoms with Crippen LogP contribution in [-0.4, -0.2) is 74.9 Å². The molecule has 0 heterocycles. The van der Waals surface area contributed by atoms with Gasteiger partial charge in [0, 0.05) is 12.8 Å². The lowest BCUT2D eigenvalue weighted by Gasteiger charge is -2.24. The van der Waals surface area contributed by atoms with Gasteiger partial charge in [-0.1, -0.05) is 242 Å². The van der Waals surface area contributed by atoms with Crippen LogP contribution < -0.4 is 0 Å². The Morgan fingerprint density at radius 2 is 0.809 bits per heavy atom. The lowest BCUT2D eigenvalue weighted by Crippen LogP contribution is -2.37. The van der Waals surface area contributed by atoms with E-state index < -0.39 is 26.5 Å². The summed E-state index contributed by atoms with van der Waals surface area (Å²) in [5.41, 5.74) is 0. The number of nitrogens with zero attached hydrogens (tertiary/aromatic N) is 1. The fourth-order valence-corrected chi connectivity index (χ4v) is 8.69. The van der Waals surface area contributed by atoms with Crippen molar-refractivity contribution in [2.24, 2.45) is 0 Å². The average molecular weight is 979 g/mol. The van der Waals surface area contributed by atoms with Crippen molar-refractivity contribution in [1.29, 1.82) is 0 Å². The zero-order chi connectivity index (χ0) is 49.9. The van der Waals surface area contributed by atoms with Gasteiger partial charge in [0.2, 0.25) is 0 Å². The summed E-state index contributed by atoms with van der Waals surface area (Å²) in [5, 5.41) is 0. The molecule has 0 aromatic heterocycles. The molecule has 9 nitrogen and oxygen atoms in total. The Morgan fingerprint density at radius 3 is 1.22 bits per heavy atom. The van der Waals surface area contributed by atoms with Gasteiger partial charge >= 0.3 is 19.8 Å². The molecular weight excluding hydrogens is 870 g/mol. The first-order chi connectivity index (χ1) is 33.0. The normalized spacial score (nSPS) is 13.7. The molecule has 0 aliphatic heterocycles. The summed E-state index contributed by atoms with van der Waals surface area (Å²) in [5.74, 6) is -0.853. The highest BCUT2D eigenvalue weighted by Gasteiger charge is 2.27. The average Bonchev–Trinajstić information content (AvgIpc) is 3.30. The second kappa shape index (κ2) is 49.9. The zero-order valence-corrected chi connectivity index (χ0v) is 46.0. The van der Waals surface area contributed by atoms with E-state index in [2.05, 4.69) is 62.5 Å². The largest absolute Gasteiger partial charge is 0.472 e. The van der Waals surface area contributed by atoms with E-state index in [0.29, 0.717) is 17.4 Å². The van der Waals surface area contributed by atoms with Crippen LogP contribution in [0.1, 0.15) is 258 Å². The van der Waals surface area contributed by atoms with Gasteiger partial charge in [-0.2, -0.15) is 0 Å². The van der Waals surface area contributed by atoms with E-state index in [1.54, 1.807) is 0 Å². The number of carbonyl (C=O) groups is 2. The summed E-state index contributed by atoms with van der Waals surface area (Å²) in [4.78, 5) is 35.6. The molecule has 0 aliphatic rings. The Kier molecular flexibility index (Phi) is 48.4. The number of allylic oxidation sites excluding steroid dienone is 8. The molecule has 398 valence electrons. The topological polar surface area (TPSA) is 108 Å². The smallest absolute Gasteiger partial charge is 0.462 e. The molecule has 0 aliphatic carbocycles. The molecule has 1 unspecified atom stereocenters. The van der Waals surface area contributed by atoms with Crippen molar-refractivity contribution in [3.63, 3.8) is 0 Å². The first-order valence-corrected chi connectivity index (χ1v) is 29.9. The van der Waals surface area contributed by atoms with E-state index in [1.807, 2.05) is 21.1 Å². The maximum Gasteiger partial charge on any atom is 0.472 e. The highest BCUT2D eigenvalue weighted by Crippen LogP contribution is 2.43. The fraction of sp³-hybridized carbons (Fsp3) is 0.828. The van der Waals surface area contributed by atoms with Crippen LogP contribution in [0.3, 0.4) is 0 Å². The quantitative estimate of drug-likeness (QED) is 0.0211. The van der Waals surface area contributed by atoms with Crippen LogP contribution in [0.15, 0.2) is 48.6 Å². The van der Waals surface area contributed by atoms with Crippen LogP contribution in [0.4, 0.5) is 0 Å². The summed E-state index contributed by atoms with van der Waals surface area (Å²) in [6, 6.07) is 0. The van der Waals surface area contributed by atoms with Crippen molar-refractivity contribution in [3.05, 3.63) is 48.6 Å². The predicted molar refractivity (Wildman–Crippen MR) is 289 cm³/mol. The standard InChI is InChI=1S/C58H108NO8P/c1-6-8-10-12-14-16-18-20-22-24-26-28-29-31-32-34-36-38-40-42-44-46-48-50-57(60)64-54-56(55-66-68(62,63)65-53-52-59(3,4)5)67-58(61)51-49-47-45-43-41-39-37-35-33-30-27-25-23-21-19-17-15-13-11-9-7-2/h23,25,30,33,37,39,43,45,56H,6-22,24,26-29,31-32,34-36,38,40-42,44,46-55H2,1-5H3/p+1/b25-23+,33-30+,39-37+,45-43+/t56-/m1/s1. The van der Waals surface area contributed by atoms with Crippen LogP contribution in [0.5, 0.6) is 0 Å². The first kappa shape index (κ1) is 66.0. The molecule has 0 fully saturated rings. The second-order valence-electron chi connectivity index (χ2n) is 20.3. The van der Waals surface area contributed by atoms with E-state index >= 15 is 0 Å². The highest BCUT2D eigenvalue weighted by atomic mass is 31.2. The number of quaternary nitrogens is 1. The summed E-state index contributed by atoms with van der Waals surface area (Å²) >= 11 is 0. The third kappa shape index (κ3) is 53.3. The summed E-state index contributed by atoms with van der Waals surface area (Å²) in [7, 11) is 1.45. The fourth-order valence-electron chi connectivity index (χ4n) is 7.95. The number of phosphoric acid groups is 1. The number of carbonyl (C=O) groups excluding carboxylic acids is 2. The van der Waals surface area contributed by atoms with Crippen LogP contribution >= 0.6 is 7.82 Å². The lowest BCUT2D eigenvalue weighted by atomic mass is 10.0. The summed E-state index contributed by atoms with van der Waals surface area (Å²) in [6.45, 7) is 4.40. The number of hydrogen-bond acceptors (Lipinski definition) is 7. The predicted octanol–water partition coefficient (Wildman–Crippen LogP) is 17.4. The van der Waals surface area contributed by atoms with Crippen LogP contribution in [-0.2, 0) is 32.7 Å². The maximum absolute atomic E-state index is 12.8. The molecule has 0 spiro atoms. The van der Waals surface area contributed by atoms with Gasteiger partial charge in [0.15, 0.2) is 6.10 Å². The Labute approximate surface area is 420 Å². The number of ether oxygens (including phenoxy) is 2. The molecule has 0 saturated carbocycles. The van der Waals surface area contributed by atoms with Gasteiger partial charge in [-0.15, -0.1) is 0 Å². The van der Waals surface area contributed by atoms with Crippen molar-refractivity contribution >= 4 is 19.8 Å². The van der Waals surface area contributed by atoms with Gasteiger partial charge in [0.1, 0.15) is 19.8 Å². The van der Waals surface area contributed by atoms with E-state index in [-0.39, 0.29) is 32.0 Å². The summed E-state index contributed by atoms with van der Waals surface area (Å²) < 4.78 is 34.5. The Hall–Kier alpha value is -2.03. The molecule has 68 heavy (non-hydrogen) atoms. The monoisotopic (exact) mass is 979 g/mol. The Bertz CT molecular complexity index is 1290.